The third-order valence-corrected chi connectivity index (χ3v) is 5.18. The van der Waals surface area contributed by atoms with Crippen LogP contribution in [0.1, 0.15) is 36.3 Å². The van der Waals surface area contributed by atoms with Gasteiger partial charge in [-0.1, -0.05) is 12.1 Å². The van der Waals surface area contributed by atoms with E-state index in [4.69, 9.17) is 14.6 Å². The van der Waals surface area contributed by atoms with Gasteiger partial charge in [-0.05, 0) is 59.0 Å². The first-order chi connectivity index (χ1) is 13.7. The van der Waals surface area contributed by atoms with E-state index in [0.29, 0.717) is 19.4 Å². The molecule has 0 aliphatic carbocycles. The van der Waals surface area contributed by atoms with E-state index in [0.717, 1.165) is 17.5 Å². The van der Waals surface area contributed by atoms with E-state index in [9.17, 15) is 9.18 Å². The Labute approximate surface area is 167 Å². The lowest BCUT2D eigenvalue weighted by Crippen LogP contribution is -2.32. The van der Waals surface area contributed by atoms with E-state index in [1.807, 2.05) is 17.5 Å². The second-order valence-electron chi connectivity index (χ2n) is 6.59. The van der Waals surface area contributed by atoms with Crippen molar-refractivity contribution in [3.63, 3.8) is 0 Å². The van der Waals surface area contributed by atoms with Crippen LogP contribution in [0, 0.1) is 5.82 Å². The number of hydrogen-bond donors (Lipinski definition) is 2. The van der Waals surface area contributed by atoms with Crippen LogP contribution < -0.4 is 5.32 Å². The van der Waals surface area contributed by atoms with Crippen LogP contribution in [0.3, 0.4) is 0 Å². The molecule has 0 fully saturated rings. The van der Waals surface area contributed by atoms with Gasteiger partial charge < -0.3 is 19.9 Å². The zero-order chi connectivity index (χ0) is 19.8. The highest BCUT2D eigenvalue weighted by atomic mass is 32.1. The zero-order valence-electron chi connectivity index (χ0n) is 15.5. The van der Waals surface area contributed by atoms with Gasteiger partial charge in [0.05, 0.1) is 6.61 Å². The molecule has 2 heterocycles. The van der Waals surface area contributed by atoms with E-state index in [-0.39, 0.29) is 36.6 Å². The van der Waals surface area contributed by atoms with Gasteiger partial charge >= 0.3 is 0 Å². The summed E-state index contributed by atoms with van der Waals surface area (Å²) in [5, 5.41) is 15.8. The van der Waals surface area contributed by atoms with Crippen LogP contribution in [-0.2, 0) is 20.8 Å². The molecule has 0 saturated heterocycles. The number of ether oxygens (including phenoxy) is 2. The van der Waals surface area contributed by atoms with Gasteiger partial charge in [-0.3, -0.25) is 4.79 Å². The van der Waals surface area contributed by atoms with Gasteiger partial charge in [0.1, 0.15) is 5.82 Å². The van der Waals surface area contributed by atoms with E-state index in [2.05, 4.69) is 10.7 Å². The Kier molecular flexibility index (Phi) is 7.59. The van der Waals surface area contributed by atoms with Gasteiger partial charge in [-0.2, -0.15) is 11.3 Å². The maximum absolute atomic E-state index is 13.0. The number of aliphatic hydroxyl groups is 1. The molecule has 1 amide bonds. The standard InChI is InChI=1S/C21H24FNO4S/c22-18-5-3-15(4-6-18)13-23-21(25)19-11-17(16-7-10-28-14-16)12-20(27-19)26-9-2-1-8-24/h3-7,10-11,14,17,20,24H,1-2,8-9,12-13H2,(H,23,25)/t17-,20+/m0/s1. The number of carbonyl (C=O) groups excluding carboxylic acids is 1. The summed E-state index contributed by atoms with van der Waals surface area (Å²) >= 11 is 1.61. The molecule has 2 atom stereocenters. The number of carbonyl (C=O) groups is 1. The Morgan fingerprint density at radius 2 is 2.11 bits per heavy atom. The second-order valence-corrected chi connectivity index (χ2v) is 7.37. The first kappa shape index (κ1) is 20.5. The molecular formula is C21H24FNO4S. The molecule has 1 aromatic heterocycles. The number of benzene rings is 1. The molecule has 2 aromatic rings. The molecule has 0 bridgehead atoms. The molecule has 1 aliphatic heterocycles. The van der Waals surface area contributed by atoms with Crippen LogP contribution in [0.15, 0.2) is 52.9 Å². The average molecular weight is 405 g/mol. The van der Waals surface area contributed by atoms with Crippen molar-refractivity contribution < 1.29 is 23.8 Å². The smallest absolute Gasteiger partial charge is 0.286 e. The summed E-state index contributed by atoms with van der Waals surface area (Å²) in [5.41, 5.74) is 1.93. The minimum absolute atomic E-state index is 0.0365. The Morgan fingerprint density at radius 1 is 1.29 bits per heavy atom. The molecule has 0 unspecified atom stereocenters. The fraction of sp³-hybridized carbons (Fsp3) is 0.381. The van der Waals surface area contributed by atoms with Crippen molar-refractivity contribution in [3.05, 3.63) is 69.9 Å². The van der Waals surface area contributed by atoms with Gasteiger partial charge in [0, 0.05) is 25.5 Å². The van der Waals surface area contributed by atoms with Crippen LogP contribution in [0.4, 0.5) is 4.39 Å². The molecule has 1 aromatic carbocycles. The summed E-state index contributed by atoms with van der Waals surface area (Å²) in [4.78, 5) is 12.6. The summed E-state index contributed by atoms with van der Waals surface area (Å²) in [7, 11) is 0. The highest BCUT2D eigenvalue weighted by Crippen LogP contribution is 2.32. The summed E-state index contributed by atoms with van der Waals surface area (Å²) in [5.74, 6) is -0.368. The summed E-state index contributed by atoms with van der Waals surface area (Å²) in [6, 6.07) is 8.02. The number of halogens is 1. The number of thiophene rings is 1. The van der Waals surface area contributed by atoms with Crippen molar-refractivity contribution in [2.75, 3.05) is 13.2 Å². The van der Waals surface area contributed by atoms with Crippen molar-refractivity contribution in [1.29, 1.82) is 0 Å². The van der Waals surface area contributed by atoms with Crippen LogP contribution in [-0.4, -0.2) is 30.5 Å². The summed E-state index contributed by atoms with van der Waals surface area (Å²) in [6.07, 6.45) is 3.34. The SMILES string of the molecule is O=C(NCc1ccc(F)cc1)C1=C[C@H](c2ccsc2)C[C@H](OCCCCO)O1. The number of amides is 1. The van der Waals surface area contributed by atoms with Crippen LogP contribution in [0.5, 0.6) is 0 Å². The van der Waals surface area contributed by atoms with E-state index in [1.54, 1.807) is 23.5 Å². The second kappa shape index (κ2) is 10.4. The predicted molar refractivity (Wildman–Crippen MR) is 105 cm³/mol. The van der Waals surface area contributed by atoms with Gasteiger partial charge in [0.15, 0.2) is 5.76 Å². The predicted octanol–water partition coefficient (Wildman–Crippen LogP) is 3.71. The first-order valence-electron chi connectivity index (χ1n) is 9.31. The number of rotatable bonds is 9. The van der Waals surface area contributed by atoms with Gasteiger partial charge in [0.25, 0.3) is 5.91 Å². The van der Waals surface area contributed by atoms with Crippen LogP contribution in [0.2, 0.25) is 0 Å². The maximum Gasteiger partial charge on any atom is 0.286 e. The Balaban J connectivity index is 1.63. The van der Waals surface area contributed by atoms with Crippen LogP contribution in [0.25, 0.3) is 0 Å². The van der Waals surface area contributed by atoms with Crippen molar-refractivity contribution >= 4 is 17.2 Å². The summed E-state index contributed by atoms with van der Waals surface area (Å²) in [6.45, 7) is 0.875. The molecule has 0 radical (unpaired) electrons. The fourth-order valence-electron chi connectivity index (χ4n) is 2.94. The van der Waals surface area contributed by atoms with E-state index in [1.165, 1.54) is 12.1 Å². The highest BCUT2D eigenvalue weighted by Gasteiger charge is 2.28. The minimum Gasteiger partial charge on any atom is -0.459 e. The third kappa shape index (κ3) is 5.89. The topological polar surface area (TPSA) is 67.8 Å². The van der Waals surface area contributed by atoms with Crippen molar-refractivity contribution in [2.24, 2.45) is 0 Å². The minimum atomic E-state index is -0.514. The number of unbranched alkanes of at least 4 members (excludes halogenated alkanes) is 1. The van der Waals surface area contributed by atoms with Gasteiger partial charge in [0.2, 0.25) is 6.29 Å². The lowest BCUT2D eigenvalue weighted by atomic mass is 9.95. The normalized spacial score (nSPS) is 19.0. The molecule has 2 N–H and O–H groups in total. The molecule has 0 saturated carbocycles. The van der Waals surface area contributed by atoms with Gasteiger partial charge in [-0.25, -0.2) is 4.39 Å². The lowest BCUT2D eigenvalue weighted by molar-refractivity contribution is -0.146. The van der Waals surface area contributed by atoms with Crippen molar-refractivity contribution in [2.45, 2.75) is 38.0 Å². The lowest BCUT2D eigenvalue weighted by Gasteiger charge is -2.29. The Morgan fingerprint density at radius 3 is 2.82 bits per heavy atom. The molecule has 0 spiro atoms. The molecule has 28 heavy (non-hydrogen) atoms. The molecule has 7 heteroatoms. The van der Waals surface area contributed by atoms with E-state index < -0.39 is 6.29 Å². The van der Waals surface area contributed by atoms with E-state index >= 15 is 0 Å². The highest BCUT2D eigenvalue weighted by molar-refractivity contribution is 7.08. The molecule has 5 nitrogen and oxygen atoms in total. The number of nitrogens with one attached hydrogen (secondary N) is 1. The largest absolute Gasteiger partial charge is 0.459 e. The third-order valence-electron chi connectivity index (χ3n) is 4.48. The zero-order valence-corrected chi connectivity index (χ0v) is 16.3. The number of hydrogen-bond acceptors (Lipinski definition) is 5. The monoisotopic (exact) mass is 405 g/mol. The molecule has 1 aliphatic rings. The Hall–Kier alpha value is -2.22. The Bertz CT molecular complexity index is 776. The van der Waals surface area contributed by atoms with Crippen molar-refractivity contribution in [3.8, 4) is 0 Å². The van der Waals surface area contributed by atoms with Crippen LogP contribution >= 0.6 is 11.3 Å². The first-order valence-corrected chi connectivity index (χ1v) is 10.3. The van der Waals surface area contributed by atoms with Gasteiger partial charge in [-0.15, -0.1) is 0 Å². The van der Waals surface area contributed by atoms with Crippen molar-refractivity contribution in [1.82, 2.24) is 5.32 Å². The quantitative estimate of drug-likeness (QED) is 0.624. The molecule has 150 valence electrons. The number of aliphatic hydroxyl groups excluding tert-OH is 1. The average Bonchev–Trinajstić information content (AvgIpc) is 3.25. The number of allylic oxidation sites excluding steroid dienone is 1. The fourth-order valence-corrected chi connectivity index (χ4v) is 3.66. The molecular weight excluding hydrogens is 381 g/mol. The summed E-state index contributed by atoms with van der Waals surface area (Å²) < 4.78 is 24.6. The molecule has 3 rings (SSSR count). The maximum atomic E-state index is 13.0.